The number of rotatable bonds is 6. The number of methoxy groups -OCH3 is 1. The quantitative estimate of drug-likeness (QED) is 0.877. The van der Waals surface area contributed by atoms with Gasteiger partial charge in [-0.05, 0) is 62.7 Å². The maximum Gasteiger partial charge on any atom is 0.251 e. The summed E-state index contributed by atoms with van der Waals surface area (Å²) in [5, 5.41) is 2.99. The van der Waals surface area contributed by atoms with Gasteiger partial charge in [-0.15, -0.1) is 0 Å². The Morgan fingerprint density at radius 2 is 1.48 bits per heavy atom. The molecule has 0 heterocycles. The summed E-state index contributed by atoms with van der Waals surface area (Å²) in [6, 6.07) is 14.8. The van der Waals surface area contributed by atoms with Crippen molar-refractivity contribution in [3.8, 4) is 11.5 Å². The zero-order chi connectivity index (χ0) is 16.8. The summed E-state index contributed by atoms with van der Waals surface area (Å²) in [6.45, 7) is 5.89. The maximum absolute atomic E-state index is 12.3. The fourth-order valence-corrected chi connectivity index (χ4v) is 2.21. The van der Waals surface area contributed by atoms with Gasteiger partial charge in [0, 0.05) is 5.56 Å². The van der Waals surface area contributed by atoms with Crippen LogP contribution in [-0.2, 0) is 0 Å². The van der Waals surface area contributed by atoms with Crippen molar-refractivity contribution >= 4 is 5.91 Å². The monoisotopic (exact) mass is 313 g/mol. The van der Waals surface area contributed by atoms with Gasteiger partial charge in [-0.3, -0.25) is 4.79 Å². The Hall–Kier alpha value is -2.49. The van der Waals surface area contributed by atoms with Crippen LogP contribution in [0.25, 0.3) is 0 Å². The van der Waals surface area contributed by atoms with Crippen LogP contribution in [0.2, 0.25) is 0 Å². The highest BCUT2D eigenvalue weighted by molar-refractivity contribution is 5.94. The number of carbonyl (C=O) groups excluding carboxylic acids is 1. The van der Waals surface area contributed by atoms with Crippen LogP contribution >= 0.6 is 0 Å². The zero-order valence-electron chi connectivity index (χ0n) is 14.0. The first kappa shape index (κ1) is 16.9. The molecule has 1 atom stereocenters. The lowest BCUT2D eigenvalue weighted by Crippen LogP contribution is -2.26. The molecule has 0 aromatic heterocycles. The van der Waals surface area contributed by atoms with Gasteiger partial charge in [0.1, 0.15) is 11.5 Å². The molecule has 0 unspecified atom stereocenters. The van der Waals surface area contributed by atoms with Crippen LogP contribution in [0.1, 0.15) is 42.7 Å². The van der Waals surface area contributed by atoms with Crippen molar-refractivity contribution in [1.29, 1.82) is 0 Å². The molecule has 4 nitrogen and oxygen atoms in total. The Kier molecular flexibility index (Phi) is 5.63. The van der Waals surface area contributed by atoms with Gasteiger partial charge in [0.05, 0.1) is 19.3 Å². The molecule has 0 saturated heterocycles. The third-order valence-electron chi connectivity index (χ3n) is 3.45. The number of benzene rings is 2. The van der Waals surface area contributed by atoms with Crippen LogP contribution in [0.4, 0.5) is 0 Å². The van der Waals surface area contributed by atoms with Crippen molar-refractivity contribution in [2.45, 2.75) is 32.9 Å². The highest BCUT2D eigenvalue weighted by Gasteiger charge is 2.12. The summed E-state index contributed by atoms with van der Waals surface area (Å²) in [6.07, 6.45) is 0.116. The van der Waals surface area contributed by atoms with E-state index in [2.05, 4.69) is 5.32 Å². The zero-order valence-corrected chi connectivity index (χ0v) is 14.0. The molecule has 2 rings (SSSR count). The van der Waals surface area contributed by atoms with E-state index in [-0.39, 0.29) is 18.1 Å². The lowest BCUT2D eigenvalue weighted by atomic mass is 10.1. The molecule has 122 valence electrons. The van der Waals surface area contributed by atoms with Crippen LogP contribution in [0.3, 0.4) is 0 Å². The maximum atomic E-state index is 12.3. The van der Waals surface area contributed by atoms with E-state index in [4.69, 9.17) is 9.47 Å². The molecule has 23 heavy (non-hydrogen) atoms. The van der Waals surface area contributed by atoms with Crippen LogP contribution < -0.4 is 14.8 Å². The van der Waals surface area contributed by atoms with Gasteiger partial charge in [0.2, 0.25) is 0 Å². The van der Waals surface area contributed by atoms with Crippen molar-refractivity contribution < 1.29 is 14.3 Å². The molecule has 0 aliphatic carbocycles. The van der Waals surface area contributed by atoms with E-state index in [1.165, 1.54) is 0 Å². The molecule has 2 aromatic carbocycles. The molecule has 1 N–H and O–H groups in total. The summed E-state index contributed by atoms with van der Waals surface area (Å²) in [5.41, 5.74) is 1.64. The third kappa shape index (κ3) is 4.74. The molecule has 0 fully saturated rings. The van der Waals surface area contributed by atoms with Crippen molar-refractivity contribution in [3.63, 3.8) is 0 Å². The minimum Gasteiger partial charge on any atom is -0.497 e. The molecular weight excluding hydrogens is 290 g/mol. The minimum absolute atomic E-state index is 0.0833. The summed E-state index contributed by atoms with van der Waals surface area (Å²) in [4.78, 5) is 12.3. The molecule has 0 bridgehead atoms. The van der Waals surface area contributed by atoms with Gasteiger partial charge in [0.25, 0.3) is 5.91 Å². The first-order valence-corrected chi connectivity index (χ1v) is 7.71. The lowest BCUT2D eigenvalue weighted by molar-refractivity contribution is 0.0940. The van der Waals surface area contributed by atoms with Crippen LogP contribution in [0.5, 0.6) is 11.5 Å². The average Bonchev–Trinajstić information content (AvgIpc) is 2.55. The highest BCUT2D eigenvalue weighted by atomic mass is 16.5. The Bertz CT molecular complexity index is 633. The molecule has 0 aliphatic rings. The van der Waals surface area contributed by atoms with Gasteiger partial charge in [0.15, 0.2) is 0 Å². The topological polar surface area (TPSA) is 47.6 Å². The summed E-state index contributed by atoms with van der Waals surface area (Å²) >= 11 is 0. The number of carbonyl (C=O) groups is 1. The SMILES string of the molecule is COc1ccc([C@H](C)NC(=O)c2ccc(OC(C)C)cc2)cc1. The Balaban J connectivity index is 1.99. The molecule has 4 heteroatoms. The second-order valence-electron chi connectivity index (χ2n) is 5.66. The summed E-state index contributed by atoms with van der Waals surface area (Å²) in [5.74, 6) is 1.46. The fraction of sp³-hybridized carbons (Fsp3) is 0.316. The van der Waals surface area contributed by atoms with E-state index in [0.717, 1.165) is 17.1 Å². The van der Waals surface area contributed by atoms with E-state index in [0.29, 0.717) is 5.56 Å². The van der Waals surface area contributed by atoms with E-state index in [1.54, 1.807) is 19.2 Å². The number of amides is 1. The standard InChI is InChI=1S/C19H23NO3/c1-13(2)23-18-11-7-16(8-12-18)19(21)20-14(3)15-5-9-17(22-4)10-6-15/h5-14H,1-4H3,(H,20,21)/t14-/m0/s1. The third-order valence-corrected chi connectivity index (χ3v) is 3.45. The van der Waals surface area contributed by atoms with Crippen molar-refractivity contribution in [1.82, 2.24) is 5.32 Å². The number of nitrogens with one attached hydrogen (secondary N) is 1. The van der Waals surface area contributed by atoms with E-state index in [9.17, 15) is 4.79 Å². The second-order valence-corrected chi connectivity index (χ2v) is 5.66. The highest BCUT2D eigenvalue weighted by Crippen LogP contribution is 2.18. The van der Waals surface area contributed by atoms with Gasteiger partial charge in [-0.1, -0.05) is 12.1 Å². The van der Waals surface area contributed by atoms with Gasteiger partial charge in [-0.2, -0.15) is 0 Å². The molecule has 0 spiro atoms. The Morgan fingerprint density at radius 3 is 2.00 bits per heavy atom. The molecule has 2 aromatic rings. The average molecular weight is 313 g/mol. The first-order valence-electron chi connectivity index (χ1n) is 7.71. The van der Waals surface area contributed by atoms with E-state index < -0.39 is 0 Å². The minimum atomic E-state index is -0.107. The van der Waals surface area contributed by atoms with Crippen LogP contribution in [0.15, 0.2) is 48.5 Å². The van der Waals surface area contributed by atoms with Crippen molar-refractivity contribution in [2.24, 2.45) is 0 Å². The van der Waals surface area contributed by atoms with Crippen LogP contribution in [0, 0.1) is 0 Å². The number of ether oxygens (including phenoxy) is 2. The first-order chi connectivity index (χ1) is 11.0. The predicted molar refractivity (Wildman–Crippen MR) is 91.1 cm³/mol. The molecule has 0 saturated carbocycles. The molecular formula is C19H23NO3. The largest absolute Gasteiger partial charge is 0.497 e. The Morgan fingerprint density at radius 1 is 0.913 bits per heavy atom. The van der Waals surface area contributed by atoms with Gasteiger partial charge >= 0.3 is 0 Å². The molecule has 0 radical (unpaired) electrons. The Labute approximate surface area is 137 Å². The fourth-order valence-electron chi connectivity index (χ4n) is 2.21. The van der Waals surface area contributed by atoms with E-state index in [1.807, 2.05) is 57.2 Å². The lowest BCUT2D eigenvalue weighted by Gasteiger charge is -2.15. The second kappa shape index (κ2) is 7.68. The summed E-state index contributed by atoms with van der Waals surface area (Å²) < 4.78 is 10.7. The van der Waals surface area contributed by atoms with Crippen LogP contribution in [-0.4, -0.2) is 19.1 Å². The number of hydrogen-bond acceptors (Lipinski definition) is 3. The van der Waals surface area contributed by atoms with Gasteiger partial charge < -0.3 is 14.8 Å². The van der Waals surface area contributed by atoms with Crippen molar-refractivity contribution in [3.05, 3.63) is 59.7 Å². The predicted octanol–water partition coefficient (Wildman–Crippen LogP) is 3.97. The molecule has 1 amide bonds. The van der Waals surface area contributed by atoms with Gasteiger partial charge in [-0.25, -0.2) is 0 Å². The van der Waals surface area contributed by atoms with E-state index >= 15 is 0 Å². The smallest absolute Gasteiger partial charge is 0.251 e. The number of hydrogen-bond donors (Lipinski definition) is 1. The van der Waals surface area contributed by atoms with Crippen molar-refractivity contribution in [2.75, 3.05) is 7.11 Å². The normalized spacial score (nSPS) is 11.9. The molecule has 0 aliphatic heterocycles. The summed E-state index contributed by atoms with van der Waals surface area (Å²) in [7, 11) is 1.63.